The molecule has 0 amide bonds. The van der Waals surface area contributed by atoms with E-state index in [0.717, 1.165) is 12.0 Å². The Bertz CT molecular complexity index is 357. The highest BCUT2D eigenvalue weighted by atomic mass is 16.1. The average molecular weight is 192 g/mol. The highest BCUT2D eigenvalue weighted by molar-refractivity contribution is 5.72. The smallest absolute Gasteiger partial charge is 0.167 e. The van der Waals surface area contributed by atoms with Gasteiger partial charge in [-0.1, -0.05) is 0 Å². The number of carbonyl (C=O) groups is 1. The van der Waals surface area contributed by atoms with E-state index in [1.165, 1.54) is 0 Å². The molecule has 1 aromatic rings. The summed E-state index contributed by atoms with van der Waals surface area (Å²) in [6.45, 7) is 0. The lowest BCUT2D eigenvalue weighted by Crippen LogP contribution is -2.27. The van der Waals surface area contributed by atoms with Crippen LogP contribution in [-0.4, -0.2) is 40.1 Å². The zero-order valence-corrected chi connectivity index (χ0v) is 8.14. The molecule has 0 aromatic carbocycles. The molecule has 1 unspecified atom stereocenters. The highest BCUT2D eigenvalue weighted by Crippen LogP contribution is 2.29. The van der Waals surface area contributed by atoms with Crippen LogP contribution in [0.4, 0.5) is 0 Å². The molecule has 1 aliphatic rings. The molecule has 0 bridgehead atoms. The largest absolute Gasteiger partial charge is 0.353 e. The minimum Gasteiger partial charge on any atom is -0.353 e. The molecular weight excluding hydrogens is 180 g/mol. The number of H-pyrrole nitrogens is 1. The Labute approximate surface area is 82.0 Å². The van der Waals surface area contributed by atoms with Crippen LogP contribution in [-0.2, 0) is 4.79 Å². The molecule has 0 saturated carbocycles. The number of hydrogen-bond donors (Lipinski definition) is 1. The van der Waals surface area contributed by atoms with Crippen LogP contribution in [0.3, 0.4) is 0 Å². The first kappa shape index (κ1) is 8.80. The maximum atomic E-state index is 10.7. The summed E-state index contributed by atoms with van der Waals surface area (Å²) in [6.07, 6.45) is 6.11. The first-order chi connectivity index (χ1) is 6.74. The molecule has 5 nitrogen and oxygen atoms in total. The molecule has 0 saturated heterocycles. The van der Waals surface area contributed by atoms with E-state index >= 15 is 0 Å². The van der Waals surface area contributed by atoms with Gasteiger partial charge in [-0.2, -0.15) is 0 Å². The second-order valence-electron chi connectivity index (χ2n) is 3.33. The lowest BCUT2D eigenvalue weighted by molar-refractivity contribution is -0.106. The van der Waals surface area contributed by atoms with Crippen molar-refractivity contribution in [1.29, 1.82) is 0 Å². The second-order valence-corrected chi connectivity index (χ2v) is 3.33. The highest BCUT2D eigenvalue weighted by Gasteiger charge is 2.28. The minimum atomic E-state index is 0.0395. The third-order valence-electron chi connectivity index (χ3n) is 2.41. The van der Waals surface area contributed by atoms with E-state index < -0.39 is 0 Å². The van der Waals surface area contributed by atoms with Crippen molar-refractivity contribution in [3.63, 3.8) is 0 Å². The Morgan fingerprint density at radius 2 is 2.36 bits per heavy atom. The number of aldehydes is 1. The zero-order valence-electron chi connectivity index (χ0n) is 8.14. The zero-order chi connectivity index (χ0) is 10.1. The van der Waals surface area contributed by atoms with Gasteiger partial charge in [-0.3, -0.25) is 4.79 Å². The van der Waals surface area contributed by atoms with Gasteiger partial charge >= 0.3 is 0 Å². The molecule has 0 spiro atoms. The number of aromatic nitrogens is 2. The SMILES string of the molecule is CN1C=C(C=O)N(C)C1c1cnc[nH]1. The first-order valence-electron chi connectivity index (χ1n) is 4.34. The Kier molecular flexibility index (Phi) is 1.99. The topological polar surface area (TPSA) is 52.2 Å². The van der Waals surface area contributed by atoms with E-state index in [1.54, 1.807) is 12.5 Å². The van der Waals surface area contributed by atoms with E-state index in [2.05, 4.69) is 9.97 Å². The summed E-state index contributed by atoms with van der Waals surface area (Å²) in [7, 11) is 3.81. The Balaban J connectivity index is 2.28. The molecule has 5 heteroatoms. The van der Waals surface area contributed by atoms with Crippen LogP contribution in [0.15, 0.2) is 24.4 Å². The van der Waals surface area contributed by atoms with Crippen LogP contribution < -0.4 is 0 Å². The maximum Gasteiger partial charge on any atom is 0.167 e. The maximum absolute atomic E-state index is 10.7. The molecule has 1 atom stereocenters. The number of nitrogens with one attached hydrogen (secondary N) is 1. The summed E-state index contributed by atoms with van der Waals surface area (Å²) in [6, 6.07) is 0. The van der Waals surface area contributed by atoms with Gasteiger partial charge in [-0.25, -0.2) is 4.98 Å². The van der Waals surface area contributed by atoms with Gasteiger partial charge in [0.05, 0.1) is 23.9 Å². The fraction of sp³-hybridized carbons (Fsp3) is 0.333. The molecule has 1 aliphatic heterocycles. The number of imidazole rings is 1. The molecule has 0 fully saturated rings. The number of carbonyl (C=O) groups excluding carboxylic acids is 1. The van der Waals surface area contributed by atoms with Crippen molar-refractivity contribution < 1.29 is 4.79 Å². The van der Waals surface area contributed by atoms with Gasteiger partial charge in [0.1, 0.15) is 6.17 Å². The van der Waals surface area contributed by atoms with Gasteiger partial charge in [-0.05, 0) is 0 Å². The van der Waals surface area contributed by atoms with E-state index in [-0.39, 0.29) is 6.17 Å². The van der Waals surface area contributed by atoms with Gasteiger partial charge in [0, 0.05) is 20.3 Å². The first-order valence-corrected chi connectivity index (χ1v) is 4.34. The molecule has 1 N–H and O–H groups in total. The predicted molar refractivity (Wildman–Crippen MR) is 51.0 cm³/mol. The minimum absolute atomic E-state index is 0.0395. The number of likely N-dealkylation sites (N-methyl/N-ethyl adjacent to an activating group) is 1. The average Bonchev–Trinajstić information content (AvgIpc) is 2.74. The second kappa shape index (κ2) is 3.17. The molecule has 14 heavy (non-hydrogen) atoms. The summed E-state index contributed by atoms with van der Waals surface area (Å²) < 4.78 is 0. The van der Waals surface area contributed by atoms with Gasteiger partial charge in [0.2, 0.25) is 0 Å². The van der Waals surface area contributed by atoms with Crippen LogP contribution in [0.1, 0.15) is 11.9 Å². The van der Waals surface area contributed by atoms with Crippen molar-refractivity contribution in [1.82, 2.24) is 19.8 Å². The summed E-state index contributed by atoms with van der Waals surface area (Å²) in [5.74, 6) is 0. The number of allylic oxidation sites excluding steroid dienone is 1. The van der Waals surface area contributed by atoms with Crippen molar-refractivity contribution in [3.05, 3.63) is 30.1 Å². The van der Waals surface area contributed by atoms with E-state index in [0.29, 0.717) is 5.70 Å². The van der Waals surface area contributed by atoms with E-state index in [4.69, 9.17) is 0 Å². The summed E-state index contributed by atoms with van der Waals surface area (Å²) >= 11 is 0. The van der Waals surface area contributed by atoms with E-state index in [1.807, 2.05) is 30.1 Å². The summed E-state index contributed by atoms with van der Waals surface area (Å²) in [5.41, 5.74) is 1.65. The summed E-state index contributed by atoms with van der Waals surface area (Å²) in [4.78, 5) is 21.6. The standard InChI is InChI=1S/C9H12N4O/c1-12-4-7(5-14)13(2)9(12)8-3-10-6-11-8/h3-6,9H,1-2H3,(H,10,11). The number of hydrogen-bond acceptors (Lipinski definition) is 4. The fourth-order valence-corrected chi connectivity index (χ4v) is 1.73. The van der Waals surface area contributed by atoms with E-state index in [9.17, 15) is 4.79 Å². The Hall–Kier alpha value is -1.78. The third kappa shape index (κ3) is 1.17. The Morgan fingerprint density at radius 3 is 2.86 bits per heavy atom. The number of nitrogens with zero attached hydrogens (tertiary/aromatic N) is 3. The lowest BCUT2D eigenvalue weighted by atomic mass is 10.3. The number of aromatic amines is 1. The molecule has 0 radical (unpaired) electrons. The van der Waals surface area contributed by atoms with Crippen LogP contribution in [0.5, 0.6) is 0 Å². The van der Waals surface area contributed by atoms with Gasteiger partial charge in [0.25, 0.3) is 0 Å². The van der Waals surface area contributed by atoms with Crippen LogP contribution in [0.25, 0.3) is 0 Å². The van der Waals surface area contributed by atoms with Gasteiger partial charge < -0.3 is 14.8 Å². The molecular formula is C9H12N4O. The molecule has 0 aliphatic carbocycles. The van der Waals surface area contributed by atoms with Crippen molar-refractivity contribution in [3.8, 4) is 0 Å². The summed E-state index contributed by atoms with van der Waals surface area (Å²) in [5, 5.41) is 0. The van der Waals surface area contributed by atoms with Crippen LogP contribution >= 0.6 is 0 Å². The molecule has 1 aromatic heterocycles. The van der Waals surface area contributed by atoms with Crippen molar-refractivity contribution >= 4 is 6.29 Å². The number of rotatable bonds is 2. The quantitative estimate of drug-likeness (QED) is 0.686. The molecule has 2 heterocycles. The van der Waals surface area contributed by atoms with Crippen LogP contribution in [0, 0.1) is 0 Å². The normalized spacial score (nSPS) is 21.3. The predicted octanol–water partition coefficient (Wildman–Crippen LogP) is 0.326. The molecule has 2 rings (SSSR count). The lowest BCUT2D eigenvalue weighted by Gasteiger charge is -2.26. The van der Waals surface area contributed by atoms with Crippen molar-refractivity contribution in [2.45, 2.75) is 6.17 Å². The van der Waals surface area contributed by atoms with Crippen LogP contribution in [0.2, 0.25) is 0 Å². The van der Waals surface area contributed by atoms with Gasteiger partial charge in [0.15, 0.2) is 6.29 Å². The fourth-order valence-electron chi connectivity index (χ4n) is 1.73. The van der Waals surface area contributed by atoms with Crippen molar-refractivity contribution in [2.24, 2.45) is 0 Å². The monoisotopic (exact) mass is 192 g/mol. The Morgan fingerprint density at radius 1 is 1.57 bits per heavy atom. The van der Waals surface area contributed by atoms with Gasteiger partial charge in [-0.15, -0.1) is 0 Å². The van der Waals surface area contributed by atoms with Crippen molar-refractivity contribution in [2.75, 3.05) is 14.1 Å². The molecule has 74 valence electrons. The third-order valence-corrected chi connectivity index (χ3v) is 2.41.